The van der Waals surface area contributed by atoms with Gasteiger partial charge in [-0.05, 0) is 50.2 Å². The Morgan fingerprint density at radius 3 is 2.74 bits per heavy atom. The maximum Gasteiger partial charge on any atom is 0.224 e. The van der Waals surface area contributed by atoms with Gasteiger partial charge in [-0.15, -0.1) is 12.4 Å². The molecule has 2 aliphatic rings. The molecule has 1 aliphatic heterocycles. The van der Waals surface area contributed by atoms with Gasteiger partial charge in [0.1, 0.15) is 5.75 Å². The molecular formula is C18H27ClN2O2. The Morgan fingerprint density at radius 2 is 2.09 bits per heavy atom. The quantitative estimate of drug-likeness (QED) is 0.898. The number of benzene rings is 1. The third kappa shape index (κ3) is 3.99. The molecule has 1 aromatic carbocycles. The number of ether oxygens (including phenoxy) is 1. The van der Waals surface area contributed by atoms with Gasteiger partial charge in [0.15, 0.2) is 0 Å². The van der Waals surface area contributed by atoms with E-state index >= 15 is 0 Å². The zero-order valence-corrected chi connectivity index (χ0v) is 14.6. The van der Waals surface area contributed by atoms with Crippen LogP contribution in [0.25, 0.3) is 0 Å². The second-order valence-electron chi connectivity index (χ2n) is 6.79. The SMILES string of the molecule is COc1ccccc1CC1CCCN1C(=O)CC1(N)CCC1.Cl. The average molecular weight is 339 g/mol. The van der Waals surface area contributed by atoms with Crippen LogP contribution in [0.3, 0.4) is 0 Å². The number of amides is 1. The summed E-state index contributed by atoms with van der Waals surface area (Å²) in [6, 6.07) is 8.37. The summed E-state index contributed by atoms with van der Waals surface area (Å²) in [5, 5.41) is 0. The number of para-hydroxylation sites is 1. The second kappa shape index (κ2) is 7.54. The Balaban J connectivity index is 0.00000192. The first-order valence-electron chi connectivity index (χ1n) is 8.31. The minimum absolute atomic E-state index is 0. The summed E-state index contributed by atoms with van der Waals surface area (Å²) in [5.41, 5.74) is 7.20. The molecule has 0 bridgehead atoms. The summed E-state index contributed by atoms with van der Waals surface area (Å²) in [7, 11) is 1.70. The van der Waals surface area contributed by atoms with Crippen LogP contribution < -0.4 is 10.5 Å². The summed E-state index contributed by atoms with van der Waals surface area (Å²) in [6.45, 7) is 0.870. The summed E-state index contributed by atoms with van der Waals surface area (Å²) in [4.78, 5) is 14.7. The van der Waals surface area contributed by atoms with Crippen molar-refractivity contribution in [3.05, 3.63) is 29.8 Å². The van der Waals surface area contributed by atoms with Crippen molar-refractivity contribution in [2.75, 3.05) is 13.7 Å². The Hall–Kier alpha value is -1.26. The molecule has 2 N–H and O–H groups in total. The highest BCUT2D eigenvalue weighted by Crippen LogP contribution is 2.34. The first kappa shape index (κ1) is 18.1. The Kier molecular flexibility index (Phi) is 5.93. The summed E-state index contributed by atoms with van der Waals surface area (Å²) >= 11 is 0. The average Bonchev–Trinajstić information content (AvgIpc) is 2.94. The first-order valence-corrected chi connectivity index (χ1v) is 8.31. The fourth-order valence-electron chi connectivity index (χ4n) is 3.71. The summed E-state index contributed by atoms with van der Waals surface area (Å²) in [5.74, 6) is 1.15. The van der Waals surface area contributed by atoms with E-state index in [9.17, 15) is 4.79 Å². The van der Waals surface area contributed by atoms with Crippen LogP contribution >= 0.6 is 12.4 Å². The predicted octanol–water partition coefficient (Wildman–Crippen LogP) is 2.92. The van der Waals surface area contributed by atoms with E-state index in [0.29, 0.717) is 6.42 Å². The lowest BCUT2D eigenvalue weighted by atomic mass is 9.75. The van der Waals surface area contributed by atoms with Gasteiger partial charge in [-0.25, -0.2) is 0 Å². The van der Waals surface area contributed by atoms with Gasteiger partial charge < -0.3 is 15.4 Å². The molecule has 1 heterocycles. The Bertz CT molecular complexity index is 546. The van der Waals surface area contributed by atoms with Crippen LogP contribution in [0.2, 0.25) is 0 Å². The fraction of sp³-hybridized carbons (Fsp3) is 0.611. The second-order valence-corrected chi connectivity index (χ2v) is 6.79. The number of hydrogen-bond donors (Lipinski definition) is 1. The molecule has 23 heavy (non-hydrogen) atoms. The maximum absolute atomic E-state index is 12.6. The maximum atomic E-state index is 12.6. The minimum atomic E-state index is -0.228. The molecular weight excluding hydrogens is 312 g/mol. The molecule has 5 heteroatoms. The van der Waals surface area contributed by atoms with Crippen molar-refractivity contribution in [1.29, 1.82) is 0 Å². The predicted molar refractivity (Wildman–Crippen MR) is 94.1 cm³/mol. The number of carbonyl (C=O) groups excluding carboxylic acids is 1. The van der Waals surface area contributed by atoms with E-state index in [4.69, 9.17) is 10.5 Å². The van der Waals surface area contributed by atoms with Gasteiger partial charge in [0, 0.05) is 24.5 Å². The van der Waals surface area contributed by atoms with Crippen molar-refractivity contribution in [2.45, 2.75) is 56.5 Å². The smallest absolute Gasteiger partial charge is 0.224 e. The molecule has 1 unspecified atom stereocenters. The van der Waals surface area contributed by atoms with Gasteiger partial charge >= 0.3 is 0 Å². The van der Waals surface area contributed by atoms with E-state index in [-0.39, 0.29) is 29.9 Å². The zero-order valence-electron chi connectivity index (χ0n) is 13.8. The van der Waals surface area contributed by atoms with Gasteiger partial charge in [-0.1, -0.05) is 18.2 Å². The van der Waals surface area contributed by atoms with Crippen LogP contribution in [0.4, 0.5) is 0 Å². The number of halogens is 1. The highest BCUT2D eigenvalue weighted by atomic mass is 35.5. The van der Waals surface area contributed by atoms with Crippen molar-refractivity contribution in [3.63, 3.8) is 0 Å². The van der Waals surface area contributed by atoms with Crippen LogP contribution in [0.1, 0.15) is 44.1 Å². The van der Waals surface area contributed by atoms with Crippen LogP contribution in [0, 0.1) is 0 Å². The molecule has 128 valence electrons. The van der Waals surface area contributed by atoms with E-state index < -0.39 is 0 Å². The van der Waals surface area contributed by atoms with Gasteiger partial charge in [0.2, 0.25) is 5.91 Å². The van der Waals surface area contributed by atoms with E-state index in [1.807, 2.05) is 18.2 Å². The van der Waals surface area contributed by atoms with Crippen LogP contribution in [-0.4, -0.2) is 36.0 Å². The molecule has 0 spiro atoms. The molecule has 1 aliphatic carbocycles. The normalized spacial score (nSPS) is 22.2. The van der Waals surface area contributed by atoms with Gasteiger partial charge in [-0.2, -0.15) is 0 Å². The topological polar surface area (TPSA) is 55.6 Å². The lowest BCUT2D eigenvalue weighted by Gasteiger charge is -2.39. The first-order chi connectivity index (χ1) is 10.6. The highest BCUT2D eigenvalue weighted by molar-refractivity contribution is 5.85. The number of hydrogen-bond acceptors (Lipinski definition) is 3. The highest BCUT2D eigenvalue weighted by Gasteiger charge is 2.38. The van der Waals surface area contributed by atoms with E-state index in [2.05, 4.69) is 11.0 Å². The largest absolute Gasteiger partial charge is 0.496 e. The lowest BCUT2D eigenvalue weighted by Crippen LogP contribution is -2.51. The van der Waals surface area contributed by atoms with E-state index in [0.717, 1.165) is 50.8 Å². The minimum Gasteiger partial charge on any atom is -0.496 e. The number of carbonyl (C=O) groups is 1. The summed E-state index contributed by atoms with van der Waals surface area (Å²) < 4.78 is 5.44. The molecule has 1 saturated carbocycles. The van der Waals surface area contributed by atoms with Crippen LogP contribution in [0.5, 0.6) is 5.75 Å². The van der Waals surface area contributed by atoms with Crippen LogP contribution in [-0.2, 0) is 11.2 Å². The molecule has 1 saturated heterocycles. The molecule has 1 amide bonds. The standard InChI is InChI=1S/C18H26N2O2.ClH/c1-22-16-8-3-2-6-14(16)12-15-7-4-11-20(15)17(21)13-18(19)9-5-10-18;/h2-3,6,8,15H,4-5,7,9-13,19H2,1H3;1H. The van der Waals surface area contributed by atoms with E-state index in [1.54, 1.807) is 7.11 Å². The third-order valence-corrected chi connectivity index (χ3v) is 5.20. The van der Waals surface area contributed by atoms with E-state index in [1.165, 1.54) is 5.56 Å². The van der Waals surface area contributed by atoms with Crippen molar-refractivity contribution < 1.29 is 9.53 Å². The lowest BCUT2D eigenvalue weighted by molar-refractivity contribution is -0.134. The van der Waals surface area contributed by atoms with Crippen molar-refractivity contribution in [1.82, 2.24) is 4.90 Å². The number of methoxy groups -OCH3 is 1. The third-order valence-electron chi connectivity index (χ3n) is 5.20. The molecule has 1 aromatic rings. The molecule has 3 rings (SSSR count). The number of nitrogens with zero attached hydrogens (tertiary/aromatic N) is 1. The van der Waals surface area contributed by atoms with Crippen molar-refractivity contribution in [2.24, 2.45) is 5.73 Å². The number of nitrogens with two attached hydrogens (primary N) is 1. The molecule has 1 atom stereocenters. The van der Waals surface area contributed by atoms with Crippen molar-refractivity contribution in [3.8, 4) is 5.75 Å². The summed E-state index contributed by atoms with van der Waals surface area (Å²) in [6.07, 6.45) is 6.68. The fourth-order valence-corrected chi connectivity index (χ4v) is 3.71. The van der Waals surface area contributed by atoms with Crippen molar-refractivity contribution >= 4 is 18.3 Å². The molecule has 0 aromatic heterocycles. The van der Waals surface area contributed by atoms with Gasteiger partial charge in [0.05, 0.1) is 7.11 Å². The Morgan fingerprint density at radius 1 is 1.35 bits per heavy atom. The van der Waals surface area contributed by atoms with Gasteiger partial charge in [-0.3, -0.25) is 4.79 Å². The number of likely N-dealkylation sites (tertiary alicyclic amines) is 1. The molecule has 2 fully saturated rings. The zero-order chi connectivity index (χ0) is 15.6. The van der Waals surface area contributed by atoms with Crippen LogP contribution in [0.15, 0.2) is 24.3 Å². The number of rotatable bonds is 5. The monoisotopic (exact) mass is 338 g/mol. The molecule has 4 nitrogen and oxygen atoms in total. The van der Waals surface area contributed by atoms with Gasteiger partial charge in [0.25, 0.3) is 0 Å². The molecule has 0 radical (unpaired) electrons. The Labute approximate surface area is 144 Å².